The monoisotopic (exact) mass is 464 g/mol. The van der Waals surface area contributed by atoms with Crippen LogP contribution in [-0.4, -0.2) is 18.0 Å². The summed E-state index contributed by atoms with van der Waals surface area (Å²) in [6, 6.07) is 17.0. The van der Waals surface area contributed by atoms with Gasteiger partial charge in [-0.05, 0) is 82.9 Å². The zero-order valence-corrected chi connectivity index (χ0v) is 18.5. The Labute approximate surface area is 183 Å². The summed E-state index contributed by atoms with van der Waals surface area (Å²) < 4.78 is 11.9. The van der Waals surface area contributed by atoms with E-state index in [-0.39, 0.29) is 5.91 Å². The molecule has 5 nitrogen and oxygen atoms in total. The standard InChI is InChI=1S/C24H21BrN2O3/c1-14-10-15(2)23-20(11-14)27-22(30-23)12-16-4-7-18(8-5-16)26-24(28)17-6-9-21(29-3)19(25)13-17/h4-11,13H,12H2,1-3H3,(H,26,28). The van der Waals surface area contributed by atoms with E-state index in [9.17, 15) is 4.79 Å². The molecule has 0 bridgehead atoms. The van der Waals surface area contributed by atoms with Crippen LogP contribution < -0.4 is 10.1 Å². The number of fused-ring (bicyclic) bond motifs is 1. The number of nitrogens with zero attached hydrogens (tertiary/aromatic N) is 1. The zero-order chi connectivity index (χ0) is 21.3. The van der Waals surface area contributed by atoms with Crippen molar-refractivity contribution in [3.05, 3.63) is 87.2 Å². The van der Waals surface area contributed by atoms with Crippen molar-refractivity contribution in [2.24, 2.45) is 0 Å². The first kappa shape index (κ1) is 20.2. The van der Waals surface area contributed by atoms with Crippen molar-refractivity contribution in [1.82, 2.24) is 4.98 Å². The predicted octanol–water partition coefficient (Wildman–Crippen LogP) is 6.06. The number of hydrogen-bond acceptors (Lipinski definition) is 4. The molecule has 6 heteroatoms. The quantitative estimate of drug-likeness (QED) is 0.389. The molecule has 152 valence electrons. The van der Waals surface area contributed by atoms with Crippen LogP contribution in [0.25, 0.3) is 11.1 Å². The fourth-order valence-corrected chi connectivity index (χ4v) is 3.93. The number of nitrogens with one attached hydrogen (secondary N) is 1. The molecule has 0 unspecified atom stereocenters. The number of aromatic nitrogens is 1. The van der Waals surface area contributed by atoms with Crippen LogP contribution in [0.5, 0.6) is 5.75 Å². The summed E-state index contributed by atoms with van der Waals surface area (Å²) in [5.41, 5.74) is 6.31. The Balaban J connectivity index is 1.46. The van der Waals surface area contributed by atoms with Gasteiger partial charge in [0.15, 0.2) is 11.5 Å². The second-order valence-electron chi connectivity index (χ2n) is 7.21. The van der Waals surface area contributed by atoms with Crippen molar-refractivity contribution in [3.63, 3.8) is 0 Å². The van der Waals surface area contributed by atoms with Gasteiger partial charge in [-0.25, -0.2) is 4.98 Å². The van der Waals surface area contributed by atoms with Gasteiger partial charge in [0, 0.05) is 17.7 Å². The van der Waals surface area contributed by atoms with E-state index in [1.54, 1.807) is 25.3 Å². The van der Waals surface area contributed by atoms with Crippen LogP contribution in [0.15, 0.2) is 63.5 Å². The molecule has 1 amide bonds. The maximum absolute atomic E-state index is 12.5. The van der Waals surface area contributed by atoms with E-state index in [0.29, 0.717) is 23.6 Å². The largest absolute Gasteiger partial charge is 0.496 e. The van der Waals surface area contributed by atoms with Crippen LogP contribution in [-0.2, 0) is 6.42 Å². The highest BCUT2D eigenvalue weighted by Crippen LogP contribution is 2.26. The molecule has 3 aromatic carbocycles. The molecule has 4 rings (SSSR count). The van der Waals surface area contributed by atoms with Crippen molar-refractivity contribution in [2.45, 2.75) is 20.3 Å². The van der Waals surface area contributed by atoms with Gasteiger partial charge in [0.1, 0.15) is 11.3 Å². The van der Waals surface area contributed by atoms with Gasteiger partial charge in [-0.2, -0.15) is 0 Å². The summed E-state index contributed by atoms with van der Waals surface area (Å²) in [7, 11) is 1.59. The van der Waals surface area contributed by atoms with E-state index < -0.39 is 0 Å². The Morgan fingerprint density at radius 3 is 2.57 bits per heavy atom. The summed E-state index contributed by atoms with van der Waals surface area (Å²) in [5.74, 6) is 1.18. The average Bonchev–Trinajstić information content (AvgIpc) is 3.12. The molecule has 0 fully saturated rings. The Hall–Kier alpha value is -3.12. The molecule has 1 N–H and O–H groups in total. The smallest absolute Gasteiger partial charge is 0.255 e. The Bertz CT molecular complexity index is 1230. The molecule has 0 aliphatic carbocycles. The summed E-state index contributed by atoms with van der Waals surface area (Å²) in [5, 5.41) is 2.91. The van der Waals surface area contributed by atoms with Crippen LogP contribution in [0.2, 0.25) is 0 Å². The Morgan fingerprint density at radius 2 is 1.87 bits per heavy atom. The molecular formula is C24H21BrN2O3. The highest BCUT2D eigenvalue weighted by molar-refractivity contribution is 9.10. The van der Waals surface area contributed by atoms with Gasteiger partial charge in [-0.1, -0.05) is 18.2 Å². The molecule has 30 heavy (non-hydrogen) atoms. The van der Waals surface area contributed by atoms with Gasteiger partial charge in [0.2, 0.25) is 0 Å². The van der Waals surface area contributed by atoms with Crippen LogP contribution in [0.1, 0.15) is 32.9 Å². The maximum atomic E-state index is 12.5. The molecule has 0 aliphatic rings. The summed E-state index contributed by atoms with van der Waals surface area (Å²) >= 11 is 3.40. The van der Waals surface area contributed by atoms with Crippen LogP contribution >= 0.6 is 15.9 Å². The van der Waals surface area contributed by atoms with E-state index >= 15 is 0 Å². The lowest BCUT2D eigenvalue weighted by Gasteiger charge is -2.08. The SMILES string of the molecule is COc1ccc(C(=O)Nc2ccc(Cc3nc4cc(C)cc(C)c4o3)cc2)cc1Br. The lowest BCUT2D eigenvalue weighted by atomic mass is 10.1. The Kier molecular flexibility index (Phi) is 5.59. The molecule has 4 aromatic rings. The molecule has 1 heterocycles. The van der Waals surface area contributed by atoms with Crippen molar-refractivity contribution in [2.75, 3.05) is 12.4 Å². The number of hydrogen-bond donors (Lipinski definition) is 1. The van der Waals surface area contributed by atoms with E-state index in [0.717, 1.165) is 32.4 Å². The lowest BCUT2D eigenvalue weighted by Crippen LogP contribution is -2.11. The van der Waals surface area contributed by atoms with Gasteiger partial charge >= 0.3 is 0 Å². The molecule has 0 aliphatic heterocycles. The first-order valence-corrected chi connectivity index (χ1v) is 10.3. The molecule has 0 radical (unpaired) electrons. The fourth-order valence-electron chi connectivity index (χ4n) is 3.39. The average molecular weight is 465 g/mol. The minimum absolute atomic E-state index is 0.184. The molecule has 0 spiro atoms. The number of carbonyl (C=O) groups excluding carboxylic acids is 1. The normalized spacial score (nSPS) is 10.9. The Morgan fingerprint density at radius 1 is 1.10 bits per heavy atom. The second-order valence-corrected chi connectivity index (χ2v) is 8.07. The first-order chi connectivity index (χ1) is 14.4. The number of amides is 1. The fraction of sp³-hybridized carbons (Fsp3) is 0.167. The van der Waals surface area contributed by atoms with Crippen molar-refractivity contribution in [3.8, 4) is 5.75 Å². The predicted molar refractivity (Wildman–Crippen MR) is 121 cm³/mol. The third kappa shape index (κ3) is 4.24. The van der Waals surface area contributed by atoms with E-state index in [2.05, 4.69) is 39.2 Å². The number of aryl methyl sites for hydroxylation is 2. The van der Waals surface area contributed by atoms with Gasteiger partial charge in [-0.15, -0.1) is 0 Å². The van der Waals surface area contributed by atoms with E-state index in [4.69, 9.17) is 9.15 Å². The molecule has 0 saturated heterocycles. The molecule has 0 atom stereocenters. The number of oxazole rings is 1. The van der Waals surface area contributed by atoms with Gasteiger partial charge in [0.05, 0.1) is 11.6 Å². The topological polar surface area (TPSA) is 64.4 Å². The number of methoxy groups -OCH3 is 1. The second kappa shape index (κ2) is 8.32. The summed E-state index contributed by atoms with van der Waals surface area (Å²) in [6.07, 6.45) is 0.590. The number of rotatable bonds is 5. The van der Waals surface area contributed by atoms with Crippen molar-refractivity contribution < 1.29 is 13.9 Å². The molecule has 1 aromatic heterocycles. The third-order valence-corrected chi connectivity index (χ3v) is 5.47. The summed E-state index contributed by atoms with van der Waals surface area (Å²) in [6.45, 7) is 4.08. The minimum atomic E-state index is -0.184. The highest BCUT2D eigenvalue weighted by Gasteiger charge is 2.11. The number of halogens is 1. The third-order valence-electron chi connectivity index (χ3n) is 4.85. The first-order valence-electron chi connectivity index (χ1n) is 9.53. The minimum Gasteiger partial charge on any atom is -0.496 e. The lowest BCUT2D eigenvalue weighted by molar-refractivity contribution is 0.102. The van der Waals surface area contributed by atoms with E-state index in [1.807, 2.05) is 37.3 Å². The zero-order valence-electron chi connectivity index (χ0n) is 17.0. The van der Waals surface area contributed by atoms with Crippen molar-refractivity contribution >= 4 is 38.6 Å². The number of carbonyl (C=O) groups is 1. The summed E-state index contributed by atoms with van der Waals surface area (Å²) in [4.78, 5) is 17.1. The number of anilines is 1. The molecule has 0 saturated carbocycles. The number of ether oxygens (including phenoxy) is 1. The maximum Gasteiger partial charge on any atom is 0.255 e. The van der Waals surface area contributed by atoms with Crippen LogP contribution in [0, 0.1) is 13.8 Å². The van der Waals surface area contributed by atoms with Crippen LogP contribution in [0.4, 0.5) is 5.69 Å². The number of benzene rings is 3. The highest BCUT2D eigenvalue weighted by atomic mass is 79.9. The van der Waals surface area contributed by atoms with Gasteiger partial charge in [0.25, 0.3) is 5.91 Å². The molecular weight excluding hydrogens is 444 g/mol. The van der Waals surface area contributed by atoms with E-state index in [1.165, 1.54) is 5.56 Å². The van der Waals surface area contributed by atoms with Gasteiger partial charge < -0.3 is 14.5 Å². The van der Waals surface area contributed by atoms with Crippen LogP contribution in [0.3, 0.4) is 0 Å². The van der Waals surface area contributed by atoms with Crippen molar-refractivity contribution in [1.29, 1.82) is 0 Å². The van der Waals surface area contributed by atoms with Gasteiger partial charge in [-0.3, -0.25) is 4.79 Å².